The van der Waals surface area contributed by atoms with Gasteiger partial charge in [0.2, 0.25) is 0 Å². The van der Waals surface area contributed by atoms with Crippen LogP contribution >= 0.6 is 11.6 Å². The van der Waals surface area contributed by atoms with Crippen molar-refractivity contribution in [2.24, 2.45) is 0 Å². The first-order chi connectivity index (χ1) is 9.65. The highest BCUT2D eigenvalue weighted by atomic mass is 35.5. The number of hydrogen-bond acceptors (Lipinski definition) is 3. The molecule has 0 amide bonds. The molecule has 0 aliphatic heterocycles. The van der Waals surface area contributed by atoms with E-state index in [-0.39, 0.29) is 16.9 Å². The molecular weight excluding hydrogens is 279 g/mol. The maximum absolute atomic E-state index is 13.9. The van der Waals surface area contributed by atoms with Crippen molar-refractivity contribution in [2.75, 3.05) is 7.05 Å². The zero-order valence-corrected chi connectivity index (χ0v) is 12.4. The Morgan fingerprint density at radius 1 is 1.40 bits per heavy atom. The molecule has 1 unspecified atom stereocenters. The van der Waals surface area contributed by atoms with Crippen molar-refractivity contribution in [1.29, 1.82) is 0 Å². The van der Waals surface area contributed by atoms with Gasteiger partial charge in [0, 0.05) is 19.0 Å². The lowest BCUT2D eigenvalue weighted by molar-refractivity contribution is 0.501. The lowest BCUT2D eigenvalue weighted by atomic mass is 10.0. The summed E-state index contributed by atoms with van der Waals surface area (Å²) in [6.45, 7) is 2.79. The largest absolute Gasteiger partial charge is 0.316 e. The Balaban J connectivity index is 2.11. The average Bonchev–Trinajstić information content (AvgIpc) is 2.90. The minimum atomic E-state index is -0.341. The van der Waals surface area contributed by atoms with Crippen LogP contribution in [0.4, 0.5) is 4.39 Å². The van der Waals surface area contributed by atoms with Crippen LogP contribution in [0, 0.1) is 5.82 Å². The summed E-state index contributed by atoms with van der Waals surface area (Å²) in [5.74, 6) is 0.556. The van der Waals surface area contributed by atoms with Gasteiger partial charge in [-0.3, -0.25) is 4.68 Å². The van der Waals surface area contributed by atoms with Crippen molar-refractivity contribution < 1.29 is 4.39 Å². The molecule has 2 rings (SSSR count). The molecule has 108 valence electrons. The summed E-state index contributed by atoms with van der Waals surface area (Å²) in [5, 5.41) is 7.50. The third kappa shape index (κ3) is 3.35. The molecule has 0 aliphatic rings. The van der Waals surface area contributed by atoms with Crippen LogP contribution in [0.2, 0.25) is 5.02 Å². The summed E-state index contributed by atoms with van der Waals surface area (Å²) in [5.41, 5.74) is 0.611. The van der Waals surface area contributed by atoms with Gasteiger partial charge in [-0.2, -0.15) is 5.10 Å². The van der Waals surface area contributed by atoms with Crippen LogP contribution in [0.15, 0.2) is 24.5 Å². The van der Waals surface area contributed by atoms with Crippen molar-refractivity contribution in [2.45, 2.75) is 32.4 Å². The lowest BCUT2D eigenvalue weighted by Crippen LogP contribution is -2.31. The fourth-order valence-corrected chi connectivity index (χ4v) is 2.37. The second-order valence-corrected chi connectivity index (χ2v) is 5.01. The number of likely N-dealkylation sites (N-methyl/N-ethyl adjacent to an activating group) is 1. The van der Waals surface area contributed by atoms with Gasteiger partial charge in [0.1, 0.15) is 18.0 Å². The molecule has 0 bridgehead atoms. The Morgan fingerprint density at radius 3 is 2.90 bits per heavy atom. The van der Waals surface area contributed by atoms with Crippen molar-refractivity contribution in [1.82, 2.24) is 20.1 Å². The molecule has 0 saturated heterocycles. The zero-order chi connectivity index (χ0) is 14.5. The number of hydrogen-bond donors (Lipinski definition) is 1. The lowest BCUT2D eigenvalue weighted by Gasteiger charge is -2.16. The van der Waals surface area contributed by atoms with E-state index >= 15 is 0 Å². The van der Waals surface area contributed by atoms with E-state index in [2.05, 4.69) is 15.4 Å². The third-order valence-corrected chi connectivity index (χ3v) is 3.62. The molecule has 2 aromatic rings. The molecular formula is C14H18ClFN4. The molecule has 0 aliphatic carbocycles. The van der Waals surface area contributed by atoms with Gasteiger partial charge in [-0.25, -0.2) is 9.37 Å². The van der Waals surface area contributed by atoms with E-state index in [1.165, 1.54) is 0 Å². The number of nitrogens with one attached hydrogen (secondary N) is 1. The van der Waals surface area contributed by atoms with Gasteiger partial charge in [-0.1, -0.05) is 23.7 Å². The third-order valence-electron chi connectivity index (χ3n) is 3.33. The van der Waals surface area contributed by atoms with Gasteiger partial charge < -0.3 is 5.32 Å². The fourth-order valence-electron chi connectivity index (χ4n) is 2.18. The molecule has 1 aromatic carbocycles. The number of aryl methyl sites for hydroxylation is 1. The Morgan fingerprint density at radius 2 is 2.20 bits per heavy atom. The maximum atomic E-state index is 13.9. The van der Waals surface area contributed by atoms with E-state index in [9.17, 15) is 4.39 Å². The van der Waals surface area contributed by atoms with Crippen LogP contribution in [0.3, 0.4) is 0 Å². The van der Waals surface area contributed by atoms with E-state index in [4.69, 9.17) is 11.6 Å². The van der Waals surface area contributed by atoms with Crippen molar-refractivity contribution in [3.8, 4) is 0 Å². The Kier molecular flexibility index (Phi) is 5.09. The van der Waals surface area contributed by atoms with Gasteiger partial charge >= 0.3 is 0 Å². The molecule has 1 heterocycles. The average molecular weight is 297 g/mol. The monoisotopic (exact) mass is 296 g/mol. The minimum absolute atomic E-state index is 0.0810. The van der Waals surface area contributed by atoms with Crippen LogP contribution in [-0.4, -0.2) is 27.9 Å². The molecule has 1 atom stereocenters. The van der Waals surface area contributed by atoms with Crippen molar-refractivity contribution in [3.63, 3.8) is 0 Å². The molecule has 6 heteroatoms. The summed E-state index contributed by atoms with van der Waals surface area (Å²) in [7, 11) is 1.86. The Hall–Kier alpha value is -1.46. The second-order valence-electron chi connectivity index (χ2n) is 4.60. The number of halogens is 2. The summed E-state index contributed by atoms with van der Waals surface area (Å²) in [4.78, 5) is 4.25. The topological polar surface area (TPSA) is 42.7 Å². The van der Waals surface area contributed by atoms with Gasteiger partial charge in [0.15, 0.2) is 0 Å². The highest BCUT2D eigenvalue weighted by molar-refractivity contribution is 6.30. The van der Waals surface area contributed by atoms with Gasteiger partial charge in [0.25, 0.3) is 0 Å². The van der Waals surface area contributed by atoms with Crippen molar-refractivity contribution in [3.05, 3.63) is 46.8 Å². The maximum Gasteiger partial charge on any atom is 0.145 e. The number of aromatic nitrogens is 3. The van der Waals surface area contributed by atoms with E-state index < -0.39 is 0 Å². The highest BCUT2D eigenvalue weighted by Gasteiger charge is 2.15. The first-order valence-corrected chi connectivity index (χ1v) is 7.00. The van der Waals surface area contributed by atoms with Crippen LogP contribution < -0.4 is 5.32 Å². The molecule has 0 radical (unpaired) electrons. The molecule has 0 fully saturated rings. The SMILES string of the molecule is CCn1ncnc1CC(Cc1cccc(Cl)c1F)NC. The smallest absolute Gasteiger partial charge is 0.145 e. The summed E-state index contributed by atoms with van der Waals surface area (Å²) in [6.07, 6.45) is 2.79. The summed E-state index contributed by atoms with van der Waals surface area (Å²) < 4.78 is 15.8. The Bertz CT molecular complexity index is 570. The molecule has 0 spiro atoms. The van der Waals surface area contributed by atoms with Crippen LogP contribution in [0.1, 0.15) is 18.3 Å². The summed E-state index contributed by atoms with van der Waals surface area (Å²) >= 11 is 5.81. The normalized spacial score (nSPS) is 12.6. The Labute approximate surface area is 123 Å². The standard InChI is InChI=1S/C14H18ClFN4/c1-3-20-13(18-9-19-20)8-11(17-2)7-10-5-4-6-12(15)14(10)16/h4-6,9,11,17H,3,7-8H2,1-2H3. The molecule has 1 aromatic heterocycles. The van der Waals surface area contributed by atoms with Crippen LogP contribution in [-0.2, 0) is 19.4 Å². The predicted molar refractivity (Wildman–Crippen MR) is 77.4 cm³/mol. The van der Waals surface area contributed by atoms with Crippen molar-refractivity contribution >= 4 is 11.6 Å². The fraction of sp³-hybridized carbons (Fsp3) is 0.429. The van der Waals surface area contributed by atoms with Gasteiger partial charge in [-0.15, -0.1) is 0 Å². The highest BCUT2D eigenvalue weighted by Crippen LogP contribution is 2.19. The molecule has 0 saturated carbocycles. The quantitative estimate of drug-likeness (QED) is 0.890. The molecule has 1 N–H and O–H groups in total. The zero-order valence-electron chi connectivity index (χ0n) is 11.6. The first-order valence-electron chi connectivity index (χ1n) is 6.62. The summed E-state index contributed by atoms with van der Waals surface area (Å²) in [6, 6.07) is 5.16. The van der Waals surface area contributed by atoms with Gasteiger partial charge in [0.05, 0.1) is 5.02 Å². The van der Waals surface area contributed by atoms with E-state index in [0.29, 0.717) is 18.4 Å². The minimum Gasteiger partial charge on any atom is -0.316 e. The molecule has 4 nitrogen and oxygen atoms in total. The van der Waals surface area contributed by atoms with E-state index in [1.54, 1.807) is 24.5 Å². The van der Waals surface area contributed by atoms with Gasteiger partial charge in [-0.05, 0) is 32.0 Å². The van der Waals surface area contributed by atoms with E-state index in [0.717, 1.165) is 12.4 Å². The van der Waals surface area contributed by atoms with E-state index in [1.807, 2.05) is 18.7 Å². The van der Waals surface area contributed by atoms with Crippen LogP contribution in [0.25, 0.3) is 0 Å². The molecule has 20 heavy (non-hydrogen) atoms. The van der Waals surface area contributed by atoms with Crippen LogP contribution in [0.5, 0.6) is 0 Å². The number of benzene rings is 1. The second kappa shape index (κ2) is 6.81. The first kappa shape index (κ1) is 14.9. The predicted octanol–water partition coefficient (Wildman–Crippen LogP) is 2.46. The number of nitrogens with zero attached hydrogens (tertiary/aromatic N) is 3. The number of rotatable bonds is 6.